The quantitative estimate of drug-likeness (QED) is 0.0817. The molecule has 0 spiro atoms. The number of carbonyl (C=O) groups excluding carboxylic acids is 4. The van der Waals surface area contributed by atoms with E-state index >= 15 is 0 Å². The van der Waals surface area contributed by atoms with Gasteiger partial charge in [-0.2, -0.15) is 0 Å². The van der Waals surface area contributed by atoms with Crippen LogP contribution in [0.1, 0.15) is 38.5 Å². The summed E-state index contributed by atoms with van der Waals surface area (Å²) in [6, 6.07) is -3.03. The number of carboxylic acid groups (broad SMARTS) is 1. The van der Waals surface area contributed by atoms with E-state index in [0.717, 1.165) is 0 Å². The highest BCUT2D eigenvalue weighted by Gasteiger charge is 2.37. The number of nitrogens with two attached hydrogens (primary N) is 4. The number of nitrogens with one attached hydrogen (secondary N) is 2. The summed E-state index contributed by atoms with van der Waals surface area (Å²) in [5, 5.41) is 14.1. The summed E-state index contributed by atoms with van der Waals surface area (Å²) in [5.41, 5.74) is 21.3. The highest BCUT2D eigenvalue weighted by atomic mass is 16.4. The number of carboxylic acids is 1. The molecule has 180 valence electrons. The monoisotopic (exact) mass is 456 g/mol. The van der Waals surface area contributed by atoms with Crippen molar-refractivity contribution in [2.75, 3.05) is 19.6 Å². The fraction of sp³-hybridized carbons (Fsp3) is 0.667. The van der Waals surface area contributed by atoms with Crippen molar-refractivity contribution < 1.29 is 29.1 Å². The number of nitrogens with zero attached hydrogens (tertiary/aromatic N) is 2. The lowest BCUT2D eigenvalue weighted by Gasteiger charge is -2.27. The van der Waals surface area contributed by atoms with E-state index in [1.165, 1.54) is 4.90 Å². The first-order valence-electron chi connectivity index (χ1n) is 10.2. The van der Waals surface area contributed by atoms with Gasteiger partial charge in [-0.15, -0.1) is 0 Å². The summed E-state index contributed by atoms with van der Waals surface area (Å²) in [7, 11) is 0. The van der Waals surface area contributed by atoms with Crippen LogP contribution in [0.15, 0.2) is 4.99 Å². The molecule has 1 rings (SSSR count). The third kappa shape index (κ3) is 9.16. The van der Waals surface area contributed by atoms with Gasteiger partial charge in [0.15, 0.2) is 5.96 Å². The van der Waals surface area contributed by atoms with E-state index in [2.05, 4.69) is 15.6 Å². The molecular formula is C18H32N8O6. The van der Waals surface area contributed by atoms with Crippen molar-refractivity contribution in [1.29, 1.82) is 0 Å². The van der Waals surface area contributed by atoms with Gasteiger partial charge in [-0.3, -0.25) is 24.2 Å². The van der Waals surface area contributed by atoms with Gasteiger partial charge < -0.3 is 43.6 Å². The lowest BCUT2D eigenvalue weighted by Crippen LogP contribution is -2.54. The lowest BCUT2D eigenvalue weighted by molar-refractivity contribution is -0.149. The summed E-state index contributed by atoms with van der Waals surface area (Å²) in [6.07, 6.45) is 1.28. The van der Waals surface area contributed by atoms with E-state index in [4.69, 9.17) is 22.9 Å². The molecule has 0 aromatic rings. The molecule has 0 radical (unpaired) electrons. The van der Waals surface area contributed by atoms with Crippen molar-refractivity contribution in [3.8, 4) is 0 Å². The zero-order valence-electron chi connectivity index (χ0n) is 17.8. The minimum absolute atomic E-state index is 0.0660. The smallest absolute Gasteiger partial charge is 0.326 e. The number of aliphatic carboxylic acids is 1. The second-order valence-corrected chi connectivity index (χ2v) is 7.43. The first-order chi connectivity index (χ1) is 15.0. The molecule has 1 aliphatic heterocycles. The normalized spacial score (nSPS) is 17.2. The first kappa shape index (κ1) is 26.6. The average Bonchev–Trinajstić information content (AvgIpc) is 3.21. The number of hydrogen-bond acceptors (Lipinski definition) is 7. The molecule has 1 saturated heterocycles. The fourth-order valence-electron chi connectivity index (χ4n) is 3.23. The number of hydrogen-bond donors (Lipinski definition) is 7. The molecule has 1 fully saturated rings. The number of guanidine groups is 1. The number of primary amides is 1. The Morgan fingerprint density at radius 1 is 1.12 bits per heavy atom. The molecule has 0 saturated carbocycles. The van der Waals surface area contributed by atoms with Gasteiger partial charge in [0.05, 0.1) is 12.6 Å². The third-order valence-electron chi connectivity index (χ3n) is 4.86. The van der Waals surface area contributed by atoms with Crippen LogP contribution in [0.25, 0.3) is 0 Å². The van der Waals surface area contributed by atoms with Gasteiger partial charge in [0.2, 0.25) is 23.6 Å². The third-order valence-corrected chi connectivity index (χ3v) is 4.86. The minimum Gasteiger partial charge on any atom is -0.480 e. The molecule has 4 amide bonds. The Hall–Kier alpha value is -3.42. The molecule has 3 unspecified atom stereocenters. The Kier molecular flexibility index (Phi) is 10.9. The summed E-state index contributed by atoms with van der Waals surface area (Å²) in [4.78, 5) is 64.6. The van der Waals surface area contributed by atoms with Crippen molar-refractivity contribution in [2.24, 2.45) is 27.9 Å². The number of aliphatic imine (C=N–C) groups is 1. The highest BCUT2D eigenvalue weighted by Crippen LogP contribution is 2.19. The first-order valence-corrected chi connectivity index (χ1v) is 10.2. The molecular weight excluding hydrogens is 424 g/mol. The van der Waals surface area contributed by atoms with Crippen LogP contribution in [0.3, 0.4) is 0 Å². The average molecular weight is 457 g/mol. The van der Waals surface area contributed by atoms with Crippen molar-refractivity contribution >= 4 is 35.6 Å². The Morgan fingerprint density at radius 3 is 2.41 bits per heavy atom. The van der Waals surface area contributed by atoms with Crippen LogP contribution in [0.2, 0.25) is 0 Å². The molecule has 3 atom stereocenters. The summed E-state index contributed by atoms with van der Waals surface area (Å²) in [6.45, 7) is 0.0780. The maximum atomic E-state index is 12.8. The van der Waals surface area contributed by atoms with E-state index in [1.807, 2.05) is 0 Å². The maximum Gasteiger partial charge on any atom is 0.326 e. The number of amides is 4. The van der Waals surface area contributed by atoms with Crippen molar-refractivity contribution in [3.63, 3.8) is 0 Å². The Labute approximate surface area is 185 Å². The van der Waals surface area contributed by atoms with Gasteiger partial charge in [0, 0.05) is 19.5 Å². The lowest BCUT2D eigenvalue weighted by atomic mass is 10.1. The molecule has 0 bridgehead atoms. The molecule has 11 N–H and O–H groups in total. The van der Waals surface area contributed by atoms with E-state index in [1.54, 1.807) is 0 Å². The second kappa shape index (κ2) is 13.1. The number of carbonyl (C=O) groups is 5. The molecule has 1 heterocycles. The zero-order chi connectivity index (χ0) is 24.3. The van der Waals surface area contributed by atoms with Crippen LogP contribution in [-0.2, 0) is 24.0 Å². The fourth-order valence-corrected chi connectivity index (χ4v) is 3.23. The van der Waals surface area contributed by atoms with Gasteiger partial charge in [-0.05, 0) is 32.1 Å². The predicted octanol–water partition coefficient (Wildman–Crippen LogP) is -3.69. The van der Waals surface area contributed by atoms with Crippen molar-refractivity contribution in [3.05, 3.63) is 0 Å². The molecule has 0 aromatic heterocycles. The van der Waals surface area contributed by atoms with Gasteiger partial charge in [-0.1, -0.05) is 0 Å². The summed E-state index contributed by atoms with van der Waals surface area (Å²) in [5.74, 6) is -3.77. The summed E-state index contributed by atoms with van der Waals surface area (Å²) < 4.78 is 0. The zero-order valence-corrected chi connectivity index (χ0v) is 17.8. The maximum absolute atomic E-state index is 12.8. The topological polar surface area (TPSA) is 249 Å². The van der Waals surface area contributed by atoms with Crippen LogP contribution in [0.4, 0.5) is 0 Å². The van der Waals surface area contributed by atoms with E-state index < -0.39 is 54.3 Å². The molecule has 14 heteroatoms. The van der Waals surface area contributed by atoms with Gasteiger partial charge in [0.1, 0.15) is 12.1 Å². The highest BCUT2D eigenvalue weighted by molar-refractivity contribution is 5.93. The van der Waals surface area contributed by atoms with Crippen LogP contribution in [0.5, 0.6) is 0 Å². The van der Waals surface area contributed by atoms with E-state index in [9.17, 15) is 29.1 Å². The van der Waals surface area contributed by atoms with Crippen LogP contribution in [0, 0.1) is 0 Å². The van der Waals surface area contributed by atoms with E-state index in [-0.39, 0.29) is 31.8 Å². The van der Waals surface area contributed by atoms with Crippen LogP contribution < -0.4 is 33.6 Å². The molecule has 14 nitrogen and oxygen atoms in total. The van der Waals surface area contributed by atoms with Gasteiger partial charge in [0.25, 0.3) is 0 Å². The van der Waals surface area contributed by atoms with Gasteiger partial charge >= 0.3 is 5.97 Å². The number of rotatable bonds is 13. The SMILES string of the molecule is NC(=O)CCC(NC(=O)CNC(=O)C(N)CCCN=C(N)N)C(=O)N1CCCC1C(=O)O. The Bertz CT molecular complexity index is 739. The molecule has 32 heavy (non-hydrogen) atoms. The second-order valence-electron chi connectivity index (χ2n) is 7.43. The molecule has 0 aromatic carbocycles. The van der Waals surface area contributed by atoms with E-state index in [0.29, 0.717) is 25.8 Å². The van der Waals surface area contributed by atoms with Crippen molar-refractivity contribution in [2.45, 2.75) is 56.7 Å². The standard InChI is InChI=1S/C18H32N8O6/c19-10(3-1-7-23-18(21)22)15(29)24-9-14(28)25-11(5-6-13(20)27)16(30)26-8-2-4-12(26)17(31)32/h10-12H,1-9,19H2,(H2,20,27)(H,24,29)(H,25,28)(H,31,32)(H4,21,22,23). The number of likely N-dealkylation sites (tertiary alicyclic amines) is 1. The van der Waals surface area contributed by atoms with Crippen molar-refractivity contribution in [1.82, 2.24) is 15.5 Å². The van der Waals surface area contributed by atoms with Crippen LogP contribution >= 0.6 is 0 Å². The Morgan fingerprint density at radius 2 is 1.81 bits per heavy atom. The molecule has 0 aliphatic carbocycles. The Balaban J connectivity index is 2.61. The summed E-state index contributed by atoms with van der Waals surface area (Å²) >= 11 is 0. The largest absolute Gasteiger partial charge is 0.480 e. The minimum atomic E-state index is -1.15. The predicted molar refractivity (Wildman–Crippen MR) is 114 cm³/mol. The van der Waals surface area contributed by atoms with Gasteiger partial charge in [-0.25, -0.2) is 4.79 Å². The molecule has 1 aliphatic rings. The van der Waals surface area contributed by atoms with Crippen LogP contribution in [-0.4, -0.2) is 83.3 Å².